The quantitative estimate of drug-likeness (QED) is 0.718. The first kappa shape index (κ1) is 15.0. The van der Waals surface area contributed by atoms with Crippen molar-refractivity contribution in [2.75, 3.05) is 26.2 Å². The summed E-state index contributed by atoms with van der Waals surface area (Å²) in [5.74, 6) is 6.11. The summed E-state index contributed by atoms with van der Waals surface area (Å²) in [6, 6.07) is 0.424. The average molecular weight is 251 g/mol. The third-order valence-corrected chi connectivity index (χ3v) is 2.93. The zero-order valence-corrected chi connectivity index (χ0v) is 11.8. The number of piperidine rings is 1. The topological polar surface area (TPSA) is 58.4 Å². The molecular weight excluding hydrogens is 226 g/mol. The molecule has 1 saturated heterocycles. The van der Waals surface area contributed by atoms with E-state index in [-0.39, 0.29) is 11.3 Å². The fraction of sp³-hybridized carbons (Fsp3) is 0.786. The highest BCUT2D eigenvalue weighted by atomic mass is 16.1. The number of nitrogens with two attached hydrogens (primary N) is 1. The molecule has 0 saturated carbocycles. The van der Waals surface area contributed by atoms with Gasteiger partial charge in [0.05, 0.1) is 13.1 Å². The van der Waals surface area contributed by atoms with E-state index in [0.29, 0.717) is 19.1 Å². The Hall–Kier alpha value is -1.05. The SMILES string of the molecule is CC(C)(C)C#CCN(CC(N)=O)C1CCNCC1. The molecule has 1 fully saturated rings. The van der Waals surface area contributed by atoms with Crippen molar-refractivity contribution in [3.05, 3.63) is 0 Å². The number of nitrogens with zero attached hydrogens (tertiary/aromatic N) is 1. The molecule has 1 aliphatic heterocycles. The Labute approximate surface area is 110 Å². The zero-order valence-electron chi connectivity index (χ0n) is 11.8. The molecule has 0 atom stereocenters. The van der Waals surface area contributed by atoms with Crippen LogP contribution in [0.5, 0.6) is 0 Å². The number of primary amides is 1. The van der Waals surface area contributed by atoms with Crippen molar-refractivity contribution >= 4 is 5.91 Å². The molecule has 3 N–H and O–H groups in total. The Morgan fingerprint density at radius 2 is 2.00 bits per heavy atom. The Balaban J connectivity index is 2.59. The van der Waals surface area contributed by atoms with Gasteiger partial charge in [-0.05, 0) is 46.7 Å². The lowest BCUT2D eigenvalue weighted by atomic mass is 9.98. The van der Waals surface area contributed by atoms with E-state index in [0.717, 1.165) is 25.9 Å². The molecule has 4 nitrogen and oxygen atoms in total. The highest BCUT2D eigenvalue weighted by Gasteiger charge is 2.21. The molecule has 1 rings (SSSR count). The number of carbonyl (C=O) groups is 1. The van der Waals surface area contributed by atoms with Crippen LogP contribution in [0.15, 0.2) is 0 Å². The van der Waals surface area contributed by atoms with Crippen molar-refractivity contribution in [3.8, 4) is 11.8 Å². The summed E-state index contributed by atoms with van der Waals surface area (Å²) in [6.45, 7) is 9.21. The van der Waals surface area contributed by atoms with E-state index in [2.05, 4.69) is 42.8 Å². The van der Waals surface area contributed by atoms with Gasteiger partial charge >= 0.3 is 0 Å². The monoisotopic (exact) mass is 251 g/mol. The summed E-state index contributed by atoms with van der Waals surface area (Å²) in [4.78, 5) is 13.2. The molecule has 0 spiro atoms. The number of rotatable bonds is 4. The van der Waals surface area contributed by atoms with Crippen molar-refractivity contribution in [1.82, 2.24) is 10.2 Å². The van der Waals surface area contributed by atoms with Crippen LogP contribution in [0.1, 0.15) is 33.6 Å². The van der Waals surface area contributed by atoms with Crippen LogP contribution in [0, 0.1) is 17.3 Å². The highest BCUT2D eigenvalue weighted by molar-refractivity contribution is 5.76. The molecule has 1 heterocycles. The molecule has 0 aromatic heterocycles. The summed E-state index contributed by atoms with van der Waals surface area (Å²) in [5.41, 5.74) is 5.32. The fourth-order valence-electron chi connectivity index (χ4n) is 2.09. The Morgan fingerprint density at radius 3 is 2.50 bits per heavy atom. The van der Waals surface area contributed by atoms with E-state index in [1.165, 1.54) is 0 Å². The molecule has 0 radical (unpaired) electrons. The van der Waals surface area contributed by atoms with Crippen molar-refractivity contribution in [2.24, 2.45) is 11.1 Å². The van der Waals surface area contributed by atoms with Crippen LogP contribution in [0.2, 0.25) is 0 Å². The molecule has 0 unspecified atom stereocenters. The van der Waals surface area contributed by atoms with Crippen LogP contribution in [0.25, 0.3) is 0 Å². The maximum Gasteiger partial charge on any atom is 0.231 e. The second kappa shape index (κ2) is 6.77. The van der Waals surface area contributed by atoms with Crippen LogP contribution in [-0.2, 0) is 4.79 Å². The van der Waals surface area contributed by atoms with Gasteiger partial charge in [0.15, 0.2) is 0 Å². The van der Waals surface area contributed by atoms with E-state index in [4.69, 9.17) is 5.73 Å². The van der Waals surface area contributed by atoms with Gasteiger partial charge in [-0.15, -0.1) is 0 Å². The second-order valence-corrected chi connectivity index (χ2v) is 5.90. The van der Waals surface area contributed by atoms with E-state index >= 15 is 0 Å². The van der Waals surface area contributed by atoms with Gasteiger partial charge in [-0.1, -0.05) is 11.8 Å². The van der Waals surface area contributed by atoms with Gasteiger partial charge in [0.25, 0.3) is 0 Å². The van der Waals surface area contributed by atoms with E-state index in [1.807, 2.05) is 0 Å². The first-order chi connectivity index (χ1) is 8.38. The molecule has 102 valence electrons. The van der Waals surface area contributed by atoms with Crippen molar-refractivity contribution in [3.63, 3.8) is 0 Å². The normalized spacial score (nSPS) is 17.3. The molecule has 4 heteroatoms. The summed E-state index contributed by atoms with van der Waals surface area (Å²) in [5, 5.41) is 3.32. The lowest BCUT2D eigenvalue weighted by Crippen LogP contribution is -2.46. The van der Waals surface area contributed by atoms with Gasteiger partial charge in [0, 0.05) is 11.5 Å². The molecule has 0 aromatic rings. The van der Waals surface area contributed by atoms with Gasteiger partial charge < -0.3 is 11.1 Å². The maximum absolute atomic E-state index is 11.1. The van der Waals surface area contributed by atoms with Crippen molar-refractivity contribution < 1.29 is 4.79 Å². The third-order valence-electron chi connectivity index (χ3n) is 2.93. The van der Waals surface area contributed by atoms with Crippen LogP contribution in [0.4, 0.5) is 0 Å². The number of hydrogen-bond acceptors (Lipinski definition) is 3. The lowest BCUT2D eigenvalue weighted by Gasteiger charge is -2.32. The summed E-state index contributed by atoms with van der Waals surface area (Å²) >= 11 is 0. The van der Waals surface area contributed by atoms with Gasteiger partial charge in [-0.25, -0.2) is 0 Å². The molecule has 18 heavy (non-hydrogen) atoms. The molecule has 1 amide bonds. The van der Waals surface area contributed by atoms with Gasteiger partial charge in [0.1, 0.15) is 0 Å². The molecule has 0 aliphatic carbocycles. The fourth-order valence-corrected chi connectivity index (χ4v) is 2.09. The minimum Gasteiger partial charge on any atom is -0.369 e. The molecule has 1 aliphatic rings. The average Bonchev–Trinajstić information content (AvgIpc) is 2.27. The summed E-state index contributed by atoms with van der Waals surface area (Å²) in [6.07, 6.45) is 2.12. The number of carbonyl (C=O) groups excluding carboxylic acids is 1. The molecule has 0 bridgehead atoms. The van der Waals surface area contributed by atoms with Crippen molar-refractivity contribution in [1.29, 1.82) is 0 Å². The summed E-state index contributed by atoms with van der Waals surface area (Å²) < 4.78 is 0. The minimum atomic E-state index is -0.272. The van der Waals surface area contributed by atoms with Crippen LogP contribution in [-0.4, -0.2) is 43.0 Å². The van der Waals surface area contributed by atoms with Crippen molar-refractivity contribution in [2.45, 2.75) is 39.7 Å². The molecule has 0 aromatic carbocycles. The van der Waals surface area contributed by atoms with Gasteiger partial charge in [-0.2, -0.15) is 0 Å². The third kappa shape index (κ3) is 6.04. The van der Waals surface area contributed by atoms with Crippen LogP contribution in [0.3, 0.4) is 0 Å². The van der Waals surface area contributed by atoms with Gasteiger partial charge in [-0.3, -0.25) is 9.69 Å². The minimum absolute atomic E-state index is 0.00646. The van der Waals surface area contributed by atoms with Gasteiger partial charge in [0.2, 0.25) is 5.91 Å². The lowest BCUT2D eigenvalue weighted by molar-refractivity contribution is -0.119. The second-order valence-electron chi connectivity index (χ2n) is 5.90. The largest absolute Gasteiger partial charge is 0.369 e. The predicted octanol–water partition coefficient (Wildman–Crippen LogP) is 0.575. The predicted molar refractivity (Wildman–Crippen MR) is 73.9 cm³/mol. The first-order valence-corrected chi connectivity index (χ1v) is 6.61. The first-order valence-electron chi connectivity index (χ1n) is 6.61. The smallest absolute Gasteiger partial charge is 0.231 e. The van der Waals surface area contributed by atoms with E-state index in [9.17, 15) is 4.79 Å². The zero-order chi connectivity index (χ0) is 13.6. The Morgan fingerprint density at radius 1 is 1.39 bits per heavy atom. The van der Waals surface area contributed by atoms with E-state index < -0.39 is 0 Å². The standard InChI is InChI=1S/C14H25N3O/c1-14(2,3)7-4-10-17(11-13(15)18)12-5-8-16-9-6-12/h12,16H,5-6,8-11H2,1-3H3,(H2,15,18). The van der Waals surface area contributed by atoms with Crippen LogP contribution < -0.4 is 11.1 Å². The van der Waals surface area contributed by atoms with Crippen LogP contribution >= 0.6 is 0 Å². The molecular formula is C14H25N3O. The Bertz CT molecular complexity index is 329. The van der Waals surface area contributed by atoms with E-state index in [1.54, 1.807) is 0 Å². The number of hydrogen-bond donors (Lipinski definition) is 2. The Kier molecular flexibility index (Phi) is 5.64. The number of nitrogens with one attached hydrogen (secondary N) is 1. The maximum atomic E-state index is 11.1. The highest BCUT2D eigenvalue weighted by Crippen LogP contribution is 2.12. The summed E-state index contributed by atoms with van der Waals surface area (Å²) in [7, 11) is 0. The number of amides is 1.